The van der Waals surface area contributed by atoms with Crippen molar-refractivity contribution < 1.29 is 9.53 Å². The average Bonchev–Trinajstić information content (AvgIpc) is 2.49. The lowest BCUT2D eigenvalue weighted by Gasteiger charge is -2.44. The first-order valence-corrected chi connectivity index (χ1v) is 8.65. The number of nitrogens with zero attached hydrogens (tertiary/aromatic N) is 2. The topological polar surface area (TPSA) is 32.8 Å². The predicted octanol–water partition coefficient (Wildman–Crippen LogP) is 2.52. The molecule has 0 aromatic carbocycles. The Labute approximate surface area is 129 Å². The highest BCUT2D eigenvalue weighted by Crippen LogP contribution is 2.27. The number of piperidine rings is 1. The molecule has 0 saturated carbocycles. The van der Waals surface area contributed by atoms with E-state index in [0.29, 0.717) is 17.9 Å². The standard InChI is InChI=1S/C17H32N2O2/c1-5-17(6-2)13-18(9-10-21-17)11-15-7-8-16(20)19(12-15)14(3)4/h14-15H,5-13H2,1-4H3. The summed E-state index contributed by atoms with van der Waals surface area (Å²) in [5, 5.41) is 0. The lowest BCUT2D eigenvalue weighted by Crippen LogP contribution is -2.54. The second-order valence-corrected chi connectivity index (χ2v) is 7.02. The Morgan fingerprint density at radius 2 is 2.05 bits per heavy atom. The molecule has 4 heteroatoms. The lowest BCUT2D eigenvalue weighted by molar-refractivity contribution is -0.139. The van der Waals surface area contributed by atoms with E-state index in [-0.39, 0.29) is 5.60 Å². The van der Waals surface area contributed by atoms with Gasteiger partial charge < -0.3 is 9.64 Å². The Kier molecular flexibility index (Phi) is 5.67. The highest BCUT2D eigenvalue weighted by atomic mass is 16.5. The van der Waals surface area contributed by atoms with E-state index in [1.807, 2.05) is 0 Å². The summed E-state index contributed by atoms with van der Waals surface area (Å²) < 4.78 is 6.05. The second kappa shape index (κ2) is 7.10. The number of likely N-dealkylation sites (tertiary alicyclic amines) is 1. The summed E-state index contributed by atoms with van der Waals surface area (Å²) in [6.45, 7) is 13.7. The van der Waals surface area contributed by atoms with Crippen LogP contribution in [0.4, 0.5) is 0 Å². The van der Waals surface area contributed by atoms with Gasteiger partial charge in [-0.05, 0) is 39.0 Å². The number of carbonyl (C=O) groups excluding carboxylic acids is 1. The normalized spacial score (nSPS) is 27.4. The third-order valence-electron chi connectivity index (χ3n) is 5.30. The predicted molar refractivity (Wildman–Crippen MR) is 85.3 cm³/mol. The molecule has 21 heavy (non-hydrogen) atoms. The van der Waals surface area contributed by atoms with Crippen molar-refractivity contribution >= 4 is 5.91 Å². The largest absolute Gasteiger partial charge is 0.372 e. The molecule has 2 aliphatic rings. The fourth-order valence-electron chi connectivity index (χ4n) is 3.71. The highest BCUT2D eigenvalue weighted by Gasteiger charge is 2.35. The van der Waals surface area contributed by atoms with Crippen LogP contribution in [-0.2, 0) is 9.53 Å². The molecule has 1 atom stereocenters. The fraction of sp³-hybridized carbons (Fsp3) is 0.941. The minimum Gasteiger partial charge on any atom is -0.372 e. The van der Waals surface area contributed by atoms with E-state index in [1.54, 1.807) is 0 Å². The van der Waals surface area contributed by atoms with E-state index in [2.05, 4.69) is 37.5 Å². The molecule has 2 aliphatic heterocycles. The van der Waals surface area contributed by atoms with Gasteiger partial charge in [0.2, 0.25) is 5.91 Å². The molecule has 1 amide bonds. The van der Waals surface area contributed by atoms with E-state index >= 15 is 0 Å². The first kappa shape index (κ1) is 16.8. The number of ether oxygens (including phenoxy) is 1. The third-order valence-corrected chi connectivity index (χ3v) is 5.30. The monoisotopic (exact) mass is 296 g/mol. The number of rotatable bonds is 5. The van der Waals surface area contributed by atoms with E-state index < -0.39 is 0 Å². The molecule has 2 rings (SSSR count). The maximum absolute atomic E-state index is 12.0. The Balaban J connectivity index is 1.91. The van der Waals surface area contributed by atoms with Crippen molar-refractivity contribution in [2.45, 2.75) is 65.0 Å². The summed E-state index contributed by atoms with van der Waals surface area (Å²) in [4.78, 5) is 16.6. The van der Waals surface area contributed by atoms with Crippen molar-refractivity contribution in [1.82, 2.24) is 9.80 Å². The molecule has 4 nitrogen and oxygen atoms in total. The van der Waals surface area contributed by atoms with Gasteiger partial charge in [-0.2, -0.15) is 0 Å². The van der Waals surface area contributed by atoms with Crippen LogP contribution in [0.5, 0.6) is 0 Å². The number of amides is 1. The van der Waals surface area contributed by atoms with Crippen molar-refractivity contribution in [3.05, 3.63) is 0 Å². The van der Waals surface area contributed by atoms with Gasteiger partial charge in [0.1, 0.15) is 0 Å². The molecule has 1 unspecified atom stereocenters. The van der Waals surface area contributed by atoms with Crippen LogP contribution >= 0.6 is 0 Å². The van der Waals surface area contributed by atoms with Gasteiger partial charge >= 0.3 is 0 Å². The molecule has 0 N–H and O–H groups in total. The zero-order chi connectivity index (χ0) is 15.5. The van der Waals surface area contributed by atoms with Crippen LogP contribution in [0.1, 0.15) is 53.4 Å². The van der Waals surface area contributed by atoms with Gasteiger partial charge in [0.25, 0.3) is 0 Å². The smallest absolute Gasteiger partial charge is 0.222 e. The Hall–Kier alpha value is -0.610. The summed E-state index contributed by atoms with van der Waals surface area (Å²) >= 11 is 0. The van der Waals surface area contributed by atoms with Gasteiger partial charge in [-0.15, -0.1) is 0 Å². The Morgan fingerprint density at radius 3 is 2.67 bits per heavy atom. The van der Waals surface area contributed by atoms with Crippen molar-refractivity contribution in [2.75, 3.05) is 32.8 Å². The van der Waals surface area contributed by atoms with E-state index in [9.17, 15) is 4.79 Å². The van der Waals surface area contributed by atoms with Gasteiger partial charge in [0, 0.05) is 38.6 Å². The van der Waals surface area contributed by atoms with Crippen LogP contribution in [0, 0.1) is 5.92 Å². The summed E-state index contributed by atoms with van der Waals surface area (Å²) in [7, 11) is 0. The van der Waals surface area contributed by atoms with Gasteiger partial charge in [-0.25, -0.2) is 0 Å². The van der Waals surface area contributed by atoms with Crippen LogP contribution in [-0.4, -0.2) is 60.1 Å². The highest BCUT2D eigenvalue weighted by molar-refractivity contribution is 5.77. The van der Waals surface area contributed by atoms with Crippen LogP contribution in [0.3, 0.4) is 0 Å². The first-order chi connectivity index (χ1) is 9.99. The maximum atomic E-state index is 12.0. The van der Waals surface area contributed by atoms with Gasteiger partial charge in [0.05, 0.1) is 12.2 Å². The van der Waals surface area contributed by atoms with Crippen molar-refractivity contribution in [3.8, 4) is 0 Å². The van der Waals surface area contributed by atoms with E-state index in [0.717, 1.165) is 58.5 Å². The number of hydrogen-bond acceptors (Lipinski definition) is 3. The lowest BCUT2D eigenvalue weighted by atomic mass is 9.92. The Morgan fingerprint density at radius 1 is 1.33 bits per heavy atom. The molecule has 0 spiro atoms. The zero-order valence-electron chi connectivity index (χ0n) is 14.2. The van der Waals surface area contributed by atoms with E-state index in [1.165, 1.54) is 0 Å². The summed E-state index contributed by atoms with van der Waals surface area (Å²) in [6.07, 6.45) is 3.94. The second-order valence-electron chi connectivity index (χ2n) is 7.02. The van der Waals surface area contributed by atoms with Crippen molar-refractivity contribution in [1.29, 1.82) is 0 Å². The quantitative estimate of drug-likeness (QED) is 0.781. The first-order valence-electron chi connectivity index (χ1n) is 8.65. The maximum Gasteiger partial charge on any atom is 0.222 e. The molecule has 2 heterocycles. The zero-order valence-corrected chi connectivity index (χ0v) is 14.2. The van der Waals surface area contributed by atoms with Gasteiger partial charge in [-0.3, -0.25) is 9.69 Å². The molecule has 0 radical (unpaired) electrons. The Bertz CT molecular complexity index is 353. The molecular weight excluding hydrogens is 264 g/mol. The van der Waals surface area contributed by atoms with Gasteiger partial charge in [0.15, 0.2) is 0 Å². The fourth-order valence-corrected chi connectivity index (χ4v) is 3.71. The molecule has 0 aromatic rings. The number of morpholine rings is 1. The van der Waals surface area contributed by atoms with Crippen molar-refractivity contribution in [3.63, 3.8) is 0 Å². The summed E-state index contributed by atoms with van der Waals surface area (Å²) in [6, 6.07) is 0.329. The number of hydrogen-bond donors (Lipinski definition) is 0. The van der Waals surface area contributed by atoms with Crippen LogP contribution in [0.25, 0.3) is 0 Å². The van der Waals surface area contributed by atoms with Crippen LogP contribution < -0.4 is 0 Å². The molecule has 2 saturated heterocycles. The SMILES string of the molecule is CCC1(CC)CN(CC2CCC(=O)N(C(C)C)C2)CCO1. The average molecular weight is 296 g/mol. The molecular formula is C17H32N2O2. The summed E-state index contributed by atoms with van der Waals surface area (Å²) in [5.41, 5.74) is 0.0560. The minimum absolute atomic E-state index is 0.0560. The van der Waals surface area contributed by atoms with Crippen LogP contribution in [0.2, 0.25) is 0 Å². The third kappa shape index (κ3) is 3.98. The molecule has 122 valence electrons. The van der Waals surface area contributed by atoms with Gasteiger partial charge in [-0.1, -0.05) is 13.8 Å². The number of carbonyl (C=O) groups is 1. The molecule has 0 aromatic heterocycles. The minimum atomic E-state index is 0.0560. The van der Waals surface area contributed by atoms with E-state index in [4.69, 9.17) is 4.74 Å². The van der Waals surface area contributed by atoms with Crippen LogP contribution in [0.15, 0.2) is 0 Å². The summed E-state index contributed by atoms with van der Waals surface area (Å²) in [5.74, 6) is 0.953. The molecule has 0 aliphatic carbocycles. The van der Waals surface area contributed by atoms with Crippen molar-refractivity contribution in [2.24, 2.45) is 5.92 Å². The molecule has 2 fully saturated rings. The molecule has 0 bridgehead atoms.